The molecule has 0 fully saturated rings. The Bertz CT molecular complexity index is 808. The fraction of sp³-hybridized carbons (Fsp3) is 0.267. The molecule has 0 aliphatic rings. The number of carbonyl (C=O) groups is 1. The number of benzene rings is 1. The molecule has 24 heavy (non-hydrogen) atoms. The first-order valence-corrected chi connectivity index (χ1v) is 9.41. The Morgan fingerprint density at radius 3 is 2.58 bits per heavy atom. The zero-order valence-corrected chi connectivity index (χ0v) is 14.5. The van der Waals surface area contributed by atoms with Gasteiger partial charge in [0.1, 0.15) is 0 Å². The highest BCUT2D eigenvalue weighted by molar-refractivity contribution is 7.89. The number of halogens is 2. The fourth-order valence-corrected chi connectivity index (χ4v) is 4.03. The van der Waals surface area contributed by atoms with Crippen molar-refractivity contribution in [2.45, 2.75) is 18.4 Å². The lowest BCUT2D eigenvalue weighted by Crippen LogP contribution is -2.40. The molecule has 2 rings (SSSR count). The van der Waals surface area contributed by atoms with Crippen LogP contribution in [0.25, 0.3) is 0 Å². The lowest BCUT2D eigenvalue weighted by atomic mass is 10.3. The number of likely N-dealkylation sites (N-methyl/N-ethyl adjacent to an activating group) is 1. The molecule has 0 unspecified atom stereocenters. The van der Waals surface area contributed by atoms with Gasteiger partial charge in [-0.25, -0.2) is 17.2 Å². The van der Waals surface area contributed by atoms with Crippen LogP contribution < -0.4 is 5.32 Å². The average molecular weight is 374 g/mol. The number of carbonyl (C=O) groups excluding carboxylic acids is 1. The summed E-state index contributed by atoms with van der Waals surface area (Å²) in [5.74, 6) is -2.86. The van der Waals surface area contributed by atoms with E-state index in [0.717, 1.165) is 21.3 Å². The van der Waals surface area contributed by atoms with Gasteiger partial charge < -0.3 is 5.32 Å². The molecular formula is C15H16F2N2O3S2. The van der Waals surface area contributed by atoms with Crippen LogP contribution in [0.15, 0.2) is 40.6 Å². The summed E-state index contributed by atoms with van der Waals surface area (Å²) in [6.07, 6.45) is 0. The molecule has 1 heterocycles. The van der Waals surface area contributed by atoms with Crippen LogP contribution in [0.5, 0.6) is 0 Å². The molecule has 1 amide bonds. The van der Waals surface area contributed by atoms with Gasteiger partial charge in [0, 0.05) is 11.4 Å². The van der Waals surface area contributed by atoms with Gasteiger partial charge in [-0.3, -0.25) is 4.79 Å². The van der Waals surface area contributed by atoms with Crippen LogP contribution in [0.3, 0.4) is 0 Å². The second-order valence-electron chi connectivity index (χ2n) is 4.86. The van der Waals surface area contributed by atoms with Crippen molar-refractivity contribution in [3.63, 3.8) is 0 Å². The van der Waals surface area contributed by atoms with E-state index in [9.17, 15) is 22.0 Å². The van der Waals surface area contributed by atoms with E-state index in [1.807, 2.05) is 17.5 Å². The van der Waals surface area contributed by atoms with Crippen molar-refractivity contribution in [2.24, 2.45) is 0 Å². The van der Waals surface area contributed by atoms with Gasteiger partial charge in [0.25, 0.3) is 0 Å². The van der Waals surface area contributed by atoms with Crippen LogP contribution in [0.4, 0.5) is 8.78 Å². The smallest absolute Gasteiger partial charge is 0.243 e. The minimum Gasteiger partial charge on any atom is -0.350 e. The van der Waals surface area contributed by atoms with E-state index in [1.165, 1.54) is 11.3 Å². The summed E-state index contributed by atoms with van der Waals surface area (Å²) in [5, 5.41) is 4.49. The molecule has 1 aromatic carbocycles. The SMILES string of the molecule is CCN(CC(=O)NCc1cccs1)S(=O)(=O)c1ccc(F)c(F)c1. The highest BCUT2D eigenvalue weighted by atomic mass is 32.2. The van der Waals surface area contributed by atoms with Crippen molar-refractivity contribution >= 4 is 27.3 Å². The molecule has 0 aliphatic carbocycles. The Labute approximate surface area is 143 Å². The molecule has 0 spiro atoms. The summed E-state index contributed by atoms with van der Waals surface area (Å²) in [7, 11) is -4.09. The summed E-state index contributed by atoms with van der Waals surface area (Å²) in [6.45, 7) is 1.49. The van der Waals surface area contributed by atoms with Gasteiger partial charge in [-0.05, 0) is 29.6 Å². The number of sulfonamides is 1. The number of nitrogens with one attached hydrogen (secondary N) is 1. The van der Waals surface area contributed by atoms with Crippen LogP contribution >= 0.6 is 11.3 Å². The maximum Gasteiger partial charge on any atom is 0.243 e. The number of hydrogen-bond donors (Lipinski definition) is 1. The van der Waals surface area contributed by atoms with E-state index in [2.05, 4.69) is 5.32 Å². The maximum atomic E-state index is 13.3. The molecule has 0 atom stereocenters. The topological polar surface area (TPSA) is 66.5 Å². The minimum atomic E-state index is -4.09. The Morgan fingerprint density at radius 1 is 1.25 bits per heavy atom. The normalized spacial score (nSPS) is 11.7. The number of nitrogens with zero attached hydrogens (tertiary/aromatic N) is 1. The number of rotatable bonds is 7. The lowest BCUT2D eigenvalue weighted by Gasteiger charge is -2.20. The maximum absolute atomic E-state index is 13.3. The van der Waals surface area contributed by atoms with E-state index in [4.69, 9.17) is 0 Å². The van der Waals surface area contributed by atoms with E-state index in [1.54, 1.807) is 6.92 Å². The van der Waals surface area contributed by atoms with Crippen LogP contribution in [-0.4, -0.2) is 31.7 Å². The quantitative estimate of drug-likeness (QED) is 0.809. The fourth-order valence-electron chi connectivity index (χ4n) is 1.97. The third-order valence-corrected chi connectivity index (χ3v) is 6.03. The van der Waals surface area contributed by atoms with Crippen LogP contribution in [0.2, 0.25) is 0 Å². The number of amides is 1. The van der Waals surface area contributed by atoms with Gasteiger partial charge in [0.2, 0.25) is 15.9 Å². The molecule has 0 bridgehead atoms. The van der Waals surface area contributed by atoms with Crippen molar-refractivity contribution in [1.29, 1.82) is 0 Å². The van der Waals surface area contributed by atoms with Crippen LogP contribution in [0, 0.1) is 11.6 Å². The molecule has 2 aromatic rings. The summed E-state index contributed by atoms with van der Waals surface area (Å²) in [6, 6.07) is 6.02. The molecule has 0 aliphatic heterocycles. The van der Waals surface area contributed by atoms with E-state index >= 15 is 0 Å². The Hall–Kier alpha value is -1.84. The summed E-state index contributed by atoms with van der Waals surface area (Å²) < 4.78 is 52.1. The van der Waals surface area contributed by atoms with Crippen LogP contribution in [0.1, 0.15) is 11.8 Å². The molecule has 130 valence electrons. The Balaban J connectivity index is 2.08. The zero-order chi connectivity index (χ0) is 17.7. The first-order valence-electron chi connectivity index (χ1n) is 7.09. The summed E-state index contributed by atoms with van der Waals surface area (Å²) in [5.41, 5.74) is 0. The molecular weight excluding hydrogens is 358 g/mol. The van der Waals surface area contributed by atoms with E-state index in [0.29, 0.717) is 12.6 Å². The molecule has 0 saturated carbocycles. The average Bonchev–Trinajstić information content (AvgIpc) is 3.06. The molecule has 0 saturated heterocycles. The predicted molar refractivity (Wildman–Crippen MR) is 87.0 cm³/mol. The zero-order valence-electron chi connectivity index (χ0n) is 12.8. The van der Waals surface area contributed by atoms with Gasteiger partial charge in [0.05, 0.1) is 18.0 Å². The molecule has 1 aromatic heterocycles. The molecule has 1 N–H and O–H groups in total. The lowest BCUT2D eigenvalue weighted by molar-refractivity contribution is -0.121. The van der Waals surface area contributed by atoms with Gasteiger partial charge in [-0.15, -0.1) is 11.3 Å². The highest BCUT2D eigenvalue weighted by Gasteiger charge is 2.26. The minimum absolute atomic E-state index is 0.0216. The summed E-state index contributed by atoms with van der Waals surface area (Å²) >= 11 is 1.47. The first-order chi connectivity index (χ1) is 11.3. The molecule has 5 nitrogen and oxygen atoms in total. The second-order valence-corrected chi connectivity index (χ2v) is 7.83. The largest absolute Gasteiger partial charge is 0.350 e. The van der Waals surface area contributed by atoms with Gasteiger partial charge >= 0.3 is 0 Å². The van der Waals surface area contributed by atoms with Crippen molar-refractivity contribution in [3.05, 3.63) is 52.2 Å². The van der Waals surface area contributed by atoms with E-state index < -0.39 is 39.0 Å². The van der Waals surface area contributed by atoms with Gasteiger partial charge in [-0.2, -0.15) is 4.31 Å². The second kappa shape index (κ2) is 7.82. The van der Waals surface area contributed by atoms with E-state index in [-0.39, 0.29) is 6.54 Å². The number of hydrogen-bond acceptors (Lipinski definition) is 4. The molecule has 9 heteroatoms. The van der Waals surface area contributed by atoms with Gasteiger partial charge in [0.15, 0.2) is 11.6 Å². The van der Waals surface area contributed by atoms with Crippen molar-refractivity contribution in [3.8, 4) is 0 Å². The Kier molecular flexibility index (Phi) is 6.03. The monoisotopic (exact) mass is 374 g/mol. The van der Waals surface area contributed by atoms with Crippen LogP contribution in [-0.2, 0) is 21.4 Å². The predicted octanol–water partition coefficient (Wildman–Crippen LogP) is 2.35. The van der Waals surface area contributed by atoms with Crippen molar-refractivity contribution < 1.29 is 22.0 Å². The molecule has 0 radical (unpaired) electrons. The van der Waals surface area contributed by atoms with Crippen molar-refractivity contribution in [2.75, 3.05) is 13.1 Å². The Morgan fingerprint density at radius 2 is 2.00 bits per heavy atom. The van der Waals surface area contributed by atoms with Gasteiger partial charge in [-0.1, -0.05) is 13.0 Å². The van der Waals surface area contributed by atoms with Crippen molar-refractivity contribution in [1.82, 2.24) is 9.62 Å². The standard InChI is InChI=1S/C15H16F2N2O3S2/c1-2-19(10-15(20)18-9-11-4-3-7-23-11)24(21,22)12-5-6-13(16)14(17)8-12/h3-8H,2,9-10H2,1H3,(H,18,20). The third-order valence-electron chi connectivity index (χ3n) is 3.24. The summed E-state index contributed by atoms with van der Waals surface area (Å²) in [4.78, 5) is 12.5. The first kappa shape index (κ1) is 18.5. The highest BCUT2D eigenvalue weighted by Crippen LogP contribution is 2.18. The third kappa shape index (κ3) is 4.37. The number of thiophene rings is 1.